The maximum absolute atomic E-state index is 13.3. The average molecular weight is 205 g/mol. The Hall–Kier alpha value is -1.84. The Labute approximate surface area is 87.3 Å². The lowest BCUT2D eigenvalue weighted by Gasteiger charge is -2.05. The molecule has 1 heterocycles. The summed E-state index contributed by atoms with van der Waals surface area (Å²) in [6.07, 6.45) is 1.65. The van der Waals surface area contributed by atoms with Gasteiger partial charge in [0.25, 0.3) is 0 Å². The molecule has 0 bridgehead atoms. The first-order valence-electron chi connectivity index (χ1n) is 4.64. The highest BCUT2D eigenvalue weighted by Gasteiger charge is 2.11. The van der Waals surface area contributed by atoms with Gasteiger partial charge >= 0.3 is 0 Å². The third-order valence-corrected chi connectivity index (χ3v) is 2.54. The standard InChI is InChI=1S/C11H12FN3/c1-7-8(4-3-5-10(7)12)9-6-14-15(2)11(9)13/h3-6H,13H2,1-2H3. The maximum atomic E-state index is 13.3. The van der Waals surface area contributed by atoms with E-state index < -0.39 is 0 Å². The fourth-order valence-corrected chi connectivity index (χ4v) is 1.55. The van der Waals surface area contributed by atoms with Gasteiger partial charge in [-0.05, 0) is 24.1 Å². The normalized spacial score (nSPS) is 10.6. The van der Waals surface area contributed by atoms with Crippen molar-refractivity contribution in [2.24, 2.45) is 7.05 Å². The Morgan fingerprint density at radius 2 is 2.07 bits per heavy atom. The summed E-state index contributed by atoms with van der Waals surface area (Å²) >= 11 is 0. The zero-order chi connectivity index (χ0) is 11.0. The van der Waals surface area contributed by atoms with Gasteiger partial charge in [0.2, 0.25) is 0 Å². The second kappa shape index (κ2) is 3.38. The summed E-state index contributed by atoms with van der Waals surface area (Å²) in [5.41, 5.74) is 7.99. The van der Waals surface area contributed by atoms with Crippen molar-refractivity contribution in [3.8, 4) is 11.1 Å². The predicted octanol–water partition coefficient (Wildman–Crippen LogP) is 2.12. The van der Waals surface area contributed by atoms with Crippen molar-refractivity contribution in [2.75, 3.05) is 5.73 Å². The number of anilines is 1. The number of halogens is 1. The zero-order valence-corrected chi connectivity index (χ0v) is 8.66. The summed E-state index contributed by atoms with van der Waals surface area (Å²) in [7, 11) is 1.76. The molecule has 0 aliphatic carbocycles. The van der Waals surface area contributed by atoms with E-state index in [4.69, 9.17) is 5.73 Å². The van der Waals surface area contributed by atoms with Gasteiger partial charge in [0.05, 0.1) is 6.20 Å². The lowest BCUT2D eigenvalue weighted by Crippen LogP contribution is -1.98. The van der Waals surface area contributed by atoms with Crippen LogP contribution in [0, 0.1) is 12.7 Å². The fourth-order valence-electron chi connectivity index (χ4n) is 1.55. The number of nitrogens with zero attached hydrogens (tertiary/aromatic N) is 2. The minimum Gasteiger partial charge on any atom is -0.383 e. The number of aromatic nitrogens is 2. The number of hydrogen-bond donors (Lipinski definition) is 1. The molecule has 2 aromatic rings. The highest BCUT2D eigenvalue weighted by atomic mass is 19.1. The number of hydrogen-bond acceptors (Lipinski definition) is 2. The third-order valence-electron chi connectivity index (χ3n) is 2.54. The summed E-state index contributed by atoms with van der Waals surface area (Å²) in [5, 5.41) is 4.03. The molecule has 0 saturated heterocycles. The molecule has 0 aliphatic rings. The topological polar surface area (TPSA) is 43.8 Å². The summed E-state index contributed by atoms with van der Waals surface area (Å²) < 4.78 is 14.9. The molecule has 0 saturated carbocycles. The highest BCUT2D eigenvalue weighted by Crippen LogP contribution is 2.28. The number of rotatable bonds is 1. The van der Waals surface area contributed by atoms with Gasteiger partial charge in [-0.2, -0.15) is 5.10 Å². The van der Waals surface area contributed by atoms with E-state index in [9.17, 15) is 4.39 Å². The van der Waals surface area contributed by atoms with Gasteiger partial charge in [-0.25, -0.2) is 4.39 Å². The number of nitrogen functional groups attached to an aromatic ring is 1. The maximum Gasteiger partial charge on any atom is 0.129 e. The average Bonchev–Trinajstić information content (AvgIpc) is 2.53. The molecular formula is C11H12FN3. The molecule has 0 aliphatic heterocycles. The molecule has 0 radical (unpaired) electrons. The van der Waals surface area contributed by atoms with Crippen LogP contribution >= 0.6 is 0 Å². The van der Waals surface area contributed by atoms with Gasteiger partial charge in [-0.3, -0.25) is 4.68 Å². The van der Waals surface area contributed by atoms with Crippen LogP contribution in [-0.4, -0.2) is 9.78 Å². The molecule has 0 amide bonds. The van der Waals surface area contributed by atoms with Gasteiger partial charge < -0.3 is 5.73 Å². The predicted molar refractivity (Wildman–Crippen MR) is 57.8 cm³/mol. The van der Waals surface area contributed by atoms with Gasteiger partial charge in [-0.15, -0.1) is 0 Å². The minimum atomic E-state index is -0.226. The second-order valence-corrected chi connectivity index (χ2v) is 3.48. The largest absolute Gasteiger partial charge is 0.383 e. The van der Waals surface area contributed by atoms with E-state index in [-0.39, 0.29) is 5.82 Å². The van der Waals surface area contributed by atoms with Crippen LogP contribution < -0.4 is 5.73 Å². The van der Waals surface area contributed by atoms with E-state index in [1.165, 1.54) is 6.07 Å². The van der Waals surface area contributed by atoms with Crippen molar-refractivity contribution >= 4 is 5.82 Å². The van der Waals surface area contributed by atoms with E-state index >= 15 is 0 Å². The highest BCUT2D eigenvalue weighted by molar-refractivity contribution is 5.75. The zero-order valence-electron chi connectivity index (χ0n) is 8.66. The van der Waals surface area contributed by atoms with Crippen molar-refractivity contribution in [3.63, 3.8) is 0 Å². The van der Waals surface area contributed by atoms with Gasteiger partial charge in [0, 0.05) is 12.6 Å². The molecule has 1 aromatic heterocycles. The summed E-state index contributed by atoms with van der Waals surface area (Å²) in [4.78, 5) is 0. The molecule has 0 fully saturated rings. The van der Waals surface area contributed by atoms with Gasteiger partial charge in [-0.1, -0.05) is 12.1 Å². The van der Waals surface area contributed by atoms with Gasteiger partial charge in [0.1, 0.15) is 11.6 Å². The van der Waals surface area contributed by atoms with Crippen molar-refractivity contribution in [1.29, 1.82) is 0 Å². The molecule has 0 spiro atoms. The lowest BCUT2D eigenvalue weighted by atomic mass is 10.0. The van der Waals surface area contributed by atoms with E-state index in [0.29, 0.717) is 11.4 Å². The molecule has 2 N–H and O–H groups in total. The Balaban J connectivity index is 2.64. The Kier molecular flexibility index (Phi) is 2.19. The summed E-state index contributed by atoms with van der Waals surface area (Å²) in [5.74, 6) is 0.319. The minimum absolute atomic E-state index is 0.226. The van der Waals surface area contributed by atoms with E-state index in [1.807, 2.05) is 6.07 Å². The van der Waals surface area contributed by atoms with Crippen molar-refractivity contribution in [1.82, 2.24) is 9.78 Å². The van der Waals surface area contributed by atoms with Crippen LogP contribution in [0.1, 0.15) is 5.56 Å². The second-order valence-electron chi connectivity index (χ2n) is 3.48. The Morgan fingerprint density at radius 1 is 1.33 bits per heavy atom. The first kappa shape index (κ1) is 9.71. The molecule has 2 rings (SSSR count). The molecular weight excluding hydrogens is 193 g/mol. The summed E-state index contributed by atoms with van der Waals surface area (Å²) in [6, 6.07) is 4.95. The van der Waals surface area contributed by atoms with Crippen molar-refractivity contribution in [3.05, 3.63) is 35.8 Å². The van der Waals surface area contributed by atoms with Crippen LogP contribution in [0.3, 0.4) is 0 Å². The molecule has 15 heavy (non-hydrogen) atoms. The SMILES string of the molecule is Cc1c(F)cccc1-c1cnn(C)c1N. The number of aryl methyl sites for hydroxylation is 1. The molecule has 1 aromatic carbocycles. The van der Waals surface area contributed by atoms with Crippen molar-refractivity contribution in [2.45, 2.75) is 6.92 Å². The van der Waals surface area contributed by atoms with Gasteiger partial charge in [0.15, 0.2) is 0 Å². The summed E-state index contributed by atoms with van der Waals surface area (Å²) in [6.45, 7) is 1.73. The van der Waals surface area contributed by atoms with Crippen LogP contribution in [-0.2, 0) is 7.05 Å². The number of nitrogens with two attached hydrogens (primary N) is 1. The molecule has 4 heteroatoms. The molecule has 0 unspecified atom stereocenters. The smallest absolute Gasteiger partial charge is 0.129 e. The van der Waals surface area contributed by atoms with Crippen LogP contribution in [0.25, 0.3) is 11.1 Å². The first-order valence-corrected chi connectivity index (χ1v) is 4.64. The molecule has 0 atom stereocenters. The van der Waals surface area contributed by atoms with Crippen LogP contribution in [0.5, 0.6) is 0 Å². The fraction of sp³-hybridized carbons (Fsp3) is 0.182. The monoisotopic (exact) mass is 205 g/mol. The van der Waals surface area contributed by atoms with E-state index in [2.05, 4.69) is 5.10 Å². The van der Waals surface area contributed by atoms with Crippen LogP contribution in [0.4, 0.5) is 10.2 Å². The van der Waals surface area contributed by atoms with E-state index in [1.54, 1.807) is 30.9 Å². The molecule has 78 valence electrons. The Morgan fingerprint density at radius 3 is 2.67 bits per heavy atom. The van der Waals surface area contributed by atoms with Crippen LogP contribution in [0.15, 0.2) is 24.4 Å². The van der Waals surface area contributed by atoms with Crippen molar-refractivity contribution < 1.29 is 4.39 Å². The number of benzene rings is 1. The first-order chi connectivity index (χ1) is 7.11. The third kappa shape index (κ3) is 1.48. The Bertz CT molecular complexity index is 503. The van der Waals surface area contributed by atoms with E-state index in [0.717, 1.165) is 11.1 Å². The lowest BCUT2D eigenvalue weighted by molar-refractivity contribution is 0.619. The molecule has 3 nitrogen and oxygen atoms in total. The quantitative estimate of drug-likeness (QED) is 0.774. The van der Waals surface area contributed by atoms with Crippen LogP contribution in [0.2, 0.25) is 0 Å².